The molecule has 17 heteroatoms. The maximum atomic E-state index is 14.4. The molecule has 342 valence electrons. The van der Waals surface area contributed by atoms with Crippen molar-refractivity contribution in [3.8, 4) is 0 Å². The Balaban J connectivity index is 0.741. The van der Waals surface area contributed by atoms with E-state index in [1.807, 2.05) is 0 Å². The van der Waals surface area contributed by atoms with Gasteiger partial charge in [-0.1, -0.05) is 0 Å². The summed E-state index contributed by atoms with van der Waals surface area (Å²) in [5.74, 6) is -21.3. The minimum atomic E-state index is -4.37. The predicted molar refractivity (Wildman–Crippen MR) is 192 cm³/mol. The standard InChI is InChI=1S/C44H56F8O9/c45-38(46)19-56-42(57-20-39(38,47)48)29-6-25-7-30(42)13-36(10-25,12-29)18-54-16-33-34(61-44(60-33)27-2-23-1-24(4-27)5-28(44)3-23)17-55-35(53)37-11-26-8-31(14-37)43(32(9-26)15-37)58-21-40(49,50)41(51,52)22-59-43/h23-34H,1-22H2. The number of ether oxygens (including phenoxy) is 8. The van der Waals surface area contributed by atoms with E-state index in [2.05, 4.69) is 0 Å². The van der Waals surface area contributed by atoms with Gasteiger partial charge >= 0.3 is 29.7 Å². The Morgan fingerprint density at radius 1 is 0.459 bits per heavy atom. The van der Waals surface area contributed by atoms with Gasteiger partial charge in [0.1, 0.15) is 45.2 Å². The molecule has 3 heterocycles. The number of halogens is 8. The van der Waals surface area contributed by atoms with Gasteiger partial charge < -0.3 is 37.9 Å². The average Bonchev–Trinajstić information content (AvgIpc) is 3.47. The van der Waals surface area contributed by atoms with E-state index in [1.54, 1.807) is 0 Å². The minimum Gasteiger partial charge on any atom is -0.462 e. The summed E-state index contributed by atoms with van der Waals surface area (Å²) >= 11 is 0. The molecule has 9 nitrogen and oxygen atoms in total. The van der Waals surface area contributed by atoms with Crippen molar-refractivity contribution in [1.82, 2.24) is 0 Å². The van der Waals surface area contributed by atoms with Crippen molar-refractivity contribution in [2.75, 3.05) is 46.2 Å². The summed E-state index contributed by atoms with van der Waals surface area (Å²) in [5, 5.41) is 0. The Hall–Kier alpha value is -1.37. The van der Waals surface area contributed by atoms with Crippen LogP contribution in [0.1, 0.15) is 96.3 Å². The van der Waals surface area contributed by atoms with Crippen LogP contribution in [-0.2, 0) is 42.7 Å². The SMILES string of the molecule is O=C(OCC1OC2(OC1COCC13CC4CC(C1)C1(OCC(F)(F)C(F)(F)CO1)C(C4)C3)C1CC3CC(C1)CC2C3)C12CC3CC(C1)C1(OCC(F)(F)C(F)(F)CO1)C(C3)C2. The maximum absolute atomic E-state index is 14.4. The maximum Gasteiger partial charge on any atom is 0.335 e. The van der Waals surface area contributed by atoms with Crippen molar-refractivity contribution in [3.63, 3.8) is 0 Å². The van der Waals surface area contributed by atoms with Crippen LogP contribution in [0, 0.1) is 70.0 Å². The number of carbonyl (C=O) groups is 1. The molecule has 0 radical (unpaired) electrons. The lowest BCUT2D eigenvalue weighted by Crippen LogP contribution is -2.65. The summed E-state index contributed by atoms with van der Waals surface area (Å²) in [6.45, 7) is -5.22. The Morgan fingerprint density at radius 3 is 1.34 bits per heavy atom. The average molecular weight is 881 g/mol. The lowest BCUT2D eigenvalue weighted by Gasteiger charge is -2.63. The van der Waals surface area contributed by atoms with Gasteiger partial charge in [0, 0.05) is 35.5 Å². The van der Waals surface area contributed by atoms with Crippen molar-refractivity contribution in [1.29, 1.82) is 0 Å². The van der Waals surface area contributed by atoms with Crippen molar-refractivity contribution in [2.45, 2.75) is 150 Å². The second kappa shape index (κ2) is 13.2. The van der Waals surface area contributed by atoms with Crippen molar-refractivity contribution >= 4 is 5.97 Å². The highest BCUT2D eigenvalue weighted by Gasteiger charge is 2.72. The van der Waals surface area contributed by atoms with E-state index >= 15 is 0 Å². The number of hydrogen-bond acceptors (Lipinski definition) is 9. The van der Waals surface area contributed by atoms with Crippen molar-refractivity contribution < 1.29 is 77.8 Å². The first-order valence-corrected chi connectivity index (χ1v) is 23.0. The second-order valence-electron chi connectivity index (χ2n) is 22.3. The first kappa shape index (κ1) is 41.1. The Kier molecular flexibility index (Phi) is 8.87. The molecule has 3 spiro atoms. The zero-order valence-corrected chi connectivity index (χ0v) is 34.2. The van der Waals surface area contributed by atoms with Gasteiger partial charge in [-0.05, 0) is 125 Å². The molecule has 12 aliphatic carbocycles. The van der Waals surface area contributed by atoms with E-state index in [4.69, 9.17) is 37.9 Å². The summed E-state index contributed by atoms with van der Waals surface area (Å²) in [5.41, 5.74) is -1.23. The minimum absolute atomic E-state index is 0.0803. The van der Waals surface area contributed by atoms with Gasteiger partial charge in [-0.3, -0.25) is 4.79 Å². The summed E-state index contributed by atoms with van der Waals surface area (Å²) in [6.07, 6.45) is 9.47. The molecule has 15 fully saturated rings. The van der Waals surface area contributed by atoms with Crippen LogP contribution in [0.5, 0.6) is 0 Å². The fourth-order valence-electron chi connectivity index (χ4n) is 16.6. The van der Waals surface area contributed by atoms with Gasteiger partial charge in [0.25, 0.3) is 0 Å². The van der Waals surface area contributed by atoms with E-state index in [0.717, 1.165) is 32.1 Å². The van der Waals surface area contributed by atoms with E-state index in [-0.39, 0.29) is 67.0 Å². The second-order valence-corrected chi connectivity index (χ2v) is 22.3. The molecule has 12 saturated carbocycles. The van der Waals surface area contributed by atoms with Crippen molar-refractivity contribution in [2.24, 2.45) is 70.0 Å². The quantitative estimate of drug-likeness (QED) is 0.186. The third-order valence-electron chi connectivity index (χ3n) is 18.6. The topological polar surface area (TPSA) is 90.9 Å². The summed E-state index contributed by atoms with van der Waals surface area (Å²) in [6, 6.07) is 0. The monoisotopic (exact) mass is 880 g/mol. The summed E-state index contributed by atoms with van der Waals surface area (Å²) < 4.78 is 165. The van der Waals surface area contributed by atoms with Crippen LogP contribution in [-0.4, -0.2) is 105 Å². The fraction of sp³-hybridized carbons (Fsp3) is 0.977. The highest BCUT2D eigenvalue weighted by molar-refractivity contribution is 5.77. The fourth-order valence-corrected chi connectivity index (χ4v) is 16.6. The zero-order chi connectivity index (χ0) is 42.2. The third-order valence-corrected chi connectivity index (χ3v) is 18.6. The highest BCUT2D eigenvalue weighted by atomic mass is 19.3. The first-order valence-electron chi connectivity index (χ1n) is 23.0. The molecular formula is C44H56F8O9. The molecule has 61 heavy (non-hydrogen) atoms. The summed E-state index contributed by atoms with van der Waals surface area (Å²) in [4.78, 5) is 14.3. The molecule has 3 saturated heterocycles. The molecule has 0 aromatic carbocycles. The molecule has 6 atom stereocenters. The molecule has 15 rings (SSSR count). The van der Waals surface area contributed by atoms with Crippen LogP contribution >= 0.6 is 0 Å². The summed E-state index contributed by atoms with van der Waals surface area (Å²) in [7, 11) is 0. The van der Waals surface area contributed by atoms with Gasteiger partial charge in [0.2, 0.25) is 0 Å². The smallest absolute Gasteiger partial charge is 0.335 e. The van der Waals surface area contributed by atoms with Gasteiger partial charge in [-0.2, -0.15) is 35.1 Å². The molecule has 0 aromatic heterocycles. The molecule has 0 aromatic rings. The zero-order valence-electron chi connectivity index (χ0n) is 34.2. The number of esters is 1. The van der Waals surface area contributed by atoms with Crippen LogP contribution in [0.3, 0.4) is 0 Å². The number of alkyl halides is 8. The van der Waals surface area contributed by atoms with Crippen LogP contribution in [0.25, 0.3) is 0 Å². The molecule has 3 aliphatic heterocycles. The van der Waals surface area contributed by atoms with Crippen LogP contribution < -0.4 is 0 Å². The third kappa shape index (κ3) is 5.89. The Labute approximate surface area is 349 Å². The number of hydrogen-bond donors (Lipinski definition) is 0. The number of carbonyl (C=O) groups excluding carboxylic acids is 1. The van der Waals surface area contributed by atoms with E-state index in [1.165, 1.54) is 6.42 Å². The van der Waals surface area contributed by atoms with Gasteiger partial charge in [0.15, 0.2) is 17.4 Å². The Bertz CT molecular complexity index is 1700. The molecule has 15 aliphatic rings. The molecule has 0 amide bonds. The van der Waals surface area contributed by atoms with Crippen LogP contribution in [0.4, 0.5) is 35.1 Å². The molecule has 6 unspecified atom stereocenters. The largest absolute Gasteiger partial charge is 0.462 e. The normalized spacial score (nSPS) is 51.6. The van der Waals surface area contributed by atoms with Crippen molar-refractivity contribution in [3.05, 3.63) is 0 Å². The number of rotatable bonds is 7. The Morgan fingerprint density at radius 2 is 0.869 bits per heavy atom. The van der Waals surface area contributed by atoms with E-state index in [0.29, 0.717) is 63.4 Å². The van der Waals surface area contributed by atoms with Gasteiger partial charge in [0.05, 0.1) is 18.6 Å². The highest BCUT2D eigenvalue weighted by Crippen LogP contribution is 2.68. The van der Waals surface area contributed by atoms with E-state index in [9.17, 15) is 39.9 Å². The predicted octanol–water partition coefficient (Wildman–Crippen LogP) is 8.16. The van der Waals surface area contributed by atoms with E-state index < -0.39 is 103 Å². The van der Waals surface area contributed by atoms with Gasteiger partial charge in [-0.25, -0.2) is 0 Å². The van der Waals surface area contributed by atoms with Crippen LogP contribution in [0.2, 0.25) is 0 Å². The lowest BCUT2D eigenvalue weighted by molar-refractivity contribution is -0.350. The lowest BCUT2D eigenvalue weighted by atomic mass is 9.47. The van der Waals surface area contributed by atoms with Crippen LogP contribution in [0.15, 0.2) is 0 Å². The van der Waals surface area contributed by atoms with Gasteiger partial charge in [-0.15, -0.1) is 0 Å². The first-order chi connectivity index (χ1) is 28.8. The molecule has 12 bridgehead atoms. The molecular weight excluding hydrogens is 824 g/mol. The molecule has 0 N–H and O–H groups in total.